The van der Waals surface area contributed by atoms with E-state index < -0.39 is 82.6 Å². The number of para-hydroxylation sites is 2. The first kappa shape index (κ1) is 39.8. The number of ether oxygens (including phenoxy) is 5. The van der Waals surface area contributed by atoms with Gasteiger partial charge < -0.3 is 43.9 Å². The van der Waals surface area contributed by atoms with Gasteiger partial charge in [-0.25, -0.2) is 23.3 Å². The average Bonchev–Trinajstić information content (AvgIpc) is 3.38. The number of carbonyl (C=O) groups is 4. The molecule has 1 aromatic heterocycles. The second-order valence-electron chi connectivity index (χ2n) is 10.7. The number of nitrogens with one attached hydrogen (secondary N) is 1. The minimum Gasteiger partial charge on any atom is -0.481 e. The molecule has 1 amide bonds. The Morgan fingerprint density at radius 2 is 1.48 bits per heavy atom. The lowest BCUT2D eigenvalue weighted by molar-refractivity contribution is -0.134. The molecular weight excluding hydrogens is 736 g/mol. The molecule has 0 radical (unpaired) electrons. The van der Waals surface area contributed by atoms with Gasteiger partial charge in [0.25, 0.3) is 0 Å². The first-order chi connectivity index (χ1) is 24.6. The number of amides is 1. The Bertz CT molecular complexity index is 1880. The van der Waals surface area contributed by atoms with E-state index in [9.17, 15) is 42.9 Å². The number of nitrogens with zero attached hydrogens (tertiary/aromatic N) is 2. The fraction of sp³-hybridized carbons (Fsp3) is 0.333. The first-order valence-corrected chi connectivity index (χ1v) is 18.5. The van der Waals surface area contributed by atoms with Crippen molar-refractivity contribution < 1.29 is 75.7 Å². The van der Waals surface area contributed by atoms with Gasteiger partial charge in [0.2, 0.25) is 5.91 Å². The number of anilines is 1. The molecule has 0 saturated carbocycles. The Morgan fingerprint density at radius 3 is 2.02 bits per heavy atom. The number of aromatic nitrogens is 2. The zero-order valence-electron chi connectivity index (χ0n) is 27.1. The molecule has 52 heavy (non-hydrogen) atoms. The maximum Gasteiger partial charge on any atom is 0.514 e. The van der Waals surface area contributed by atoms with Crippen LogP contribution in [0.15, 0.2) is 77.7 Å². The fourth-order valence-electron chi connectivity index (χ4n) is 4.54. The summed E-state index contributed by atoms with van der Waals surface area (Å²) in [6, 6.07) is 16.3. The van der Waals surface area contributed by atoms with Crippen molar-refractivity contribution in [3.05, 3.63) is 83.4 Å². The Labute approximate surface area is 294 Å². The lowest BCUT2D eigenvalue weighted by atomic mass is 10.1. The zero-order valence-corrected chi connectivity index (χ0v) is 28.9. The third-order valence-corrected chi connectivity index (χ3v) is 9.73. The van der Waals surface area contributed by atoms with Gasteiger partial charge in [-0.15, -0.1) is 0 Å². The van der Waals surface area contributed by atoms with Crippen LogP contribution in [0.1, 0.15) is 32.4 Å². The molecule has 4 N–H and O–H groups in total. The van der Waals surface area contributed by atoms with Gasteiger partial charge in [0, 0.05) is 12.6 Å². The summed E-state index contributed by atoms with van der Waals surface area (Å²) >= 11 is 0. The molecule has 3 unspecified atom stereocenters. The molecule has 0 spiro atoms. The van der Waals surface area contributed by atoms with Crippen LogP contribution in [0.4, 0.5) is 15.4 Å². The Hall–Kier alpha value is -4.94. The van der Waals surface area contributed by atoms with Crippen molar-refractivity contribution in [2.45, 2.75) is 50.7 Å². The largest absolute Gasteiger partial charge is 0.514 e. The molecule has 1 aliphatic heterocycles. The van der Waals surface area contributed by atoms with E-state index in [0.717, 1.165) is 17.2 Å². The lowest BCUT2D eigenvalue weighted by Gasteiger charge is -2.24. The van der Waals surface area contributed by atoms with E-state index >= 15 is 0 Å². The number of phosphoric ester groups is 1. The van der Waals surface area contributed by atoms with Crippen molar-refractivity contribution >= 4 is 45.4 Å². The monoisotopic (exact) mass is 769 g/mol. The van der Waals surface area contributed by atoms with Gasteiger partial charge in [-0.05, 0) is 36.8 Å². The normalized spacial score (nSPS) is 20.4. The van der Waals surface area contributed by atoms with Crippen molar-refractivity contribution in [3.63, 3.8) is 0 Å². The van der Waals surface area contributed by atoms with Gasteiger partial charge in [-0.2, -0.15) is 4.98 Å². The van der Waals surface area contributed by atoms with Crippen molar-refractivity contribution in [3.8, 4) is 11.5 Å². The predicted molar refractivity (Wildman–Crippen MR) is 174 cm³/mol. The molecular formula is C30H33N3O17P2. The quantitative estimate of drug-likeness (QED) is 0.0915. The molecule has 22 heteroatoms. The van der Waals surface area contributed by atoms with Crippen LogP contribution in [0.25, 0.3) is 0 Å². The second kappa shape index (κ2) is 18.0. The van der Waals surface area contributed by atoms with Gasteiger partial charge >= 0.3 is 39.4 Å². The maximum atomic E-state index is 13.3. The number of aliphatic carboxylic acids is 1. The van der Waals surface area contributed by atoms with E-state index in [1.807, 2.05) is 6.92 Å². The average molecular weight is 770 g/mol. The third kappa shape index (κ3) is 12.1. The number of carboxylic acids is 1. The molecule has 3 aromatic rings. The molecule has 1 aliphatic rings. The molecule has 1 saturated heterocycles. The first-order valence-electron chi connectivity index (χ1n) is 15.3. The van der Waals surface area contributed by atoms with Crippen molar-refractivity contribution in [2.75, 3.05) is 18.1 Å². The van der Waals surface area contributed by atoms with E-state index in [4.69, 9.17) is 33.3 Å². The van der Waals surface area contributed by atoms with Gasteiger partial charge in [-0.1, -0.05) is 49.7 Å². The smallest absolute Gasteiger partial charge is 0.481 e. The Balaban J connectivity index is 1.67. The van der Waals surface area contributed by atoms with E-state index in [2.05, 4.69) is 14.6 Å². The predicted octanol–water partition coefficient (Wildman–Crippen LogP) is 3.84. The van der Waals surface area contributed by atoms with Gasteiger partial charge in [0.05, 0.1) is 6.61 Å². The van der Waals surface area contributed by atoms with Crippen LogP contribution < -0.4 is 20.5 Å². The summed E-state index contributed by atoms with van der Waals surface area (Å²) in [7, 11) is -10.8. The van der Waals surface area contributed by atoms with E-state index in [-0.39, 0.29) is 23.7 Å². The molecule has 20 nitrogen and oxygen atoms in total. The summed E-state index contributed by atoms with van der Waals surface area (Å²) in [5.74, 6) is -2.33. The molecule has 6 atom stereocenters. The summed E-state index contributed by atoms with van der Waals surface area (Å²) in [5, 5.41) is 11.3. The lowest BCUT2D eigenvalue weighted by Crippen LogP contribution is -2.43. The topological polar surface area (TPSA) is 275 Å². The van der Waals surface area contributed by atoms with Crippen LogP contribution >= 0.6 is 15.4 Å². The Morgan fingerprint density at radius 1 is 0.904 bits per heavy atom. The molecule has 0 bridgehead atoms. The van der Waals surface area contributed by atoms with Crippen LogP contribution in [0.2, 0.25) is 0 Å². The van der Waals surface area contributed by atoms with Crippen LogP contribution in [-0.2, 0) is 41.8 Å². The van der Waals surface area contributed by atoms with Crippen LogP contribution in [0.3, 0.4) is 0 Å². The third-order valence-electron chi connectivity index (χ3n) is 6.74. The summed E-state index contributed by atoms with van der Waals surface area (Å²) in [6.45, 7) is 0.762. The molecule has 2 aromatic carbocycles. The SMILES string of the molecule is CCCCC(=O)Nc1ccn([C@@H]2O[C@H](COP(=O)(O)OP(=O)(O)CC(=O)O)C(OC(=O)Oc3ccccc3)[C@@H]2OC(=O)Oc2ccccc2)c(=O)n1. The summed E-state index contributed by atoms with van der Waals surface area (Å²) in [4.78, 5) is 86.0. The van der Waals surface area contributed by atoms with Crippen molar-refractivity contribution in [1.82, 2.24) is 9.55 Å². The number of hydrogen-bond acceptors (Lipinski definition) is 15. The minimum absolute atomic E-state index is 0.0131. The minimum atomic E-state index is -5.54. The zero-order chi connectivity index (χ0) is 37.9. The van der Waals surface area contributed by atoms with E-state index in [1.54, 1.807) is 24.3 Å². The number of phosphoric acid groups is 1. The maximum absolute atomic E-state index is 13.3. The summed E-state index contributed by atoms with van der Waals surface area (Å²) in [6.07, 6.45) is -8.92. The standard InChI is InChI=1S/C30H33N3O17P2/c1-2-3-14-23(34)31-22-15-16-33(28(37)32-22)27-26(49-30(39)46-20-12-8-5-9-13-20)25(48-29(38)45-19-10-6-4-7-11-19)21(47-27)17-44-52(42,43)50-51(40,41)18-24(35)36/h4-13,15-16,21,25-27H,2-3,14,17-18H2,1H3,(H,35,36)(H,40,41)(H,42,43)(H,31,32,34,37)/t21-,25?,26+,27-/m1/s1. The van der Waals surface area contributed by atoms with Gasteiger partial charge in [-0.3, -0.25) is 23.2 Å². The van der Waals surface area contributed by atoms with E-state index in [0.29, 0.717) is 6.42 Å². The molecule has 2 heterocycles. The molecule has 1 fully saturated rings. The highest BCUT2D eigenvalue weighted by molar-refractivity contribution is 7.64. The van der Waals surface area contributed by atoms with Crippen molar-refractivity contribution in [1.29, 1.82) is 0 Å². The molecule has 280 valence electrons. The fourth-order valence-corrected chi connectivity index (χ4v) is 6.93. The van der Waals surface area contributed by atoms with Crippen molar-refractivity contribution in [2.24, 2.45) is 0 Å². The van der Waals surface area contributed by atoms with Crippen LogP contribution in [0, 0.1) is 0 Å². The van der Waals surface area contributed by atoms with E-state index in [1.165, 1.54) is 42.5 Å². The van der Waals surface area contributed by atoms with Gasteiger partial charge in [0.15, 0.2) is 18.4 Å². The van der Waals surface area contributed by atoms with Crippen LogP contribution in [-0.4, -0.2) is 79.7 Å². The highest BCUT2D eigenvalue weighted by Crippen LogP contribution is 2.60. The second-order valence-corrected chi connectivity index (χ2v) is 14.2. The molecule has 0 aliphatic carbocycles. The highest BCUT2D eigenvalue weighted by Gasteiger charge is 2.53. The number of hydrogen-bond donors (Lipinski definition) is 4. The number of benzene rings is 2. The number of carboxylic acid groups (broad SMARTS) is 1. The Kier molecular flexibility index (Phi) is 13.8. The highest BCUT2D eigenvalue weighted by atomic mass is 31.3. The van der Waals surface area contributed by atoms with Gasteiger partial charge in [0.1, 0.15) is 29.6 Å². The van der Waals surface area contributed by atoms with Crippen LogP contribution in [0.5, 0.6) is 11.5 Å². The molecule has 4 rings (SSSR count). The number of rotatable bonds is 16. The summed E-state index contributed by atoms with van der Waals surface area (Å²) < 4.78 is 61.5. The number of carbonyl (C=O) groups excluding carboxylic acids is 3. The summed E-state index contributed by atoms with van der Waals surface area (Å²) in [5.41, 5.74) is -1.07. The number of unbranched alkanes of at least 4 members (excludes halogenated alkanes) is 1.